The van der Waals surface area contributed by atoms with Crippen molar-refractivity contribution in [2.45, 2.75) is 26.3 Å². The molecule has 0 heterocycles. The van der Waals surface area contributed by atoms with E-state index < -0.39 is 0 Å². The predicted octanol–water partition coefficient (Wildman–Crippen LogP) is 1.07. The fraction of sp³-hybridized carbons (Fsp3) is 0.800. The second-order valence-electron chi connectivity index (χ2n) is 1.36. The van der Waals surface area contributed by atoms with Crippen LogP contribution in [0.4, 0.5) is 0 Å². The van der Waals surface area contributed by atoms with Gasteiger partial charge < -0.3 is 0 Å². The van der Waals surface area contributed by atoms with E-state index in [0.29, 0.717) is 9.13 Å². The first-order valence-corrected chi connectivity index (χ1v) is 4.01. The zero-order valence-corrected chi connectivity index (χ0v) is 5.72. The van der Waals surface area contributed by atoms with Gasteiger partial charge in [0.2, 0.25) is 0 Å². The smallest absolute Gasteiger partial charge is 0.0122 e. The van der Waals surface area contributed by atoms with Crippen LogP contribution < -0.4 is 0 Å². The third-order valence-corrected chi connectivity index (χ3v) is 2.07. The second-order valence-corrected chi connectivity index (χ2v) is 3.07. The molecule has 0 radical (unpaired) electrons. The van der Waals surface area contributed by atoms with Crippen LogP contribution in [0.1, 0.15) is 20.3 Å². The van der Waals surface area contributed by atoms with Crippen molar-refractivity contribution in [2.75, 3.05) is 0 Å². The van der Waals surface area contributed by atoms with Crippen molar-refractivity contribution < 1.29 is 0 Å². The minimum atomic E-state index is 0.693. The highest BCUT2D eigenvalue weighted by Crippen LogP contribution is 1.77. The van der Waals surface area contributed by atoms with E-state index in [9.17, 15) is 0 Å². The molecule has 0 rings (SSSR count). The van der Waals surface area contributed by atoms with Crippen molar-refractivity contribution in [1.29, 1.82) is 0 Å². The summed E-state index contributed by atoms with van der Waals surface area (Å²) in [7, 11) is 0.693. The molecule has 0 saturated heterocycles. The van der Waals surface area contributed by atoms with E-state index in [1.807, 2.05) is 0 Å². The Morgan fingerprint density at radius 1 is 1.67 bits per heavy atom. The minimum absolute atomic E-state index is 0.693. The monoisotopic (exact) mass is 100 g/mol. The summed E-state index contributed by atoms with van der Waals surface area (Å²) >= 11 is 0. The summed E-state index contributed by atoms with van der Waals surface area (Å²) in [5.74, 6) is 0. The van der Waals surface area contributed by atoms with Gasteiger partial charge in [-0.1, -0.05) is 20.3 Å². The highest BCUT2D eigenvalue weighted by Gasteiger charge is 1.65. The Morgan fingerprint density at radius 2 is 2.33 bits per heavy atom. The number of hydrogen-bond donors (Lipinski definition) is 0. The molecule has 0 bridgehead atoms. The van der Waals surface area contributed by atoms with Crippen molar-refractivity contribution >= 4 is 14.8 Å². The highest BCUT2D eigenvalue weighted by molar-refractivity contribution is 6.46. The van der Waals surface area contributed by atoms with Crippen LogP contribution in [0.5, 0.6) is 0 Å². The lowest BCUT2D eigenvalue weighted by atomic mass is 10.6. The Labute approximate surface area is 42.0 Å². The van der Waals surface area contributed by atoms with E-state index in [0.717, 1.165) is 0 Å². The predicted molar refractivity (Wildman–Crippen MR) is 34.0 cm³/mol. The average Bonchev–Trinajstić information content (AvgIpc) is 1.61. The molecule has 0 N–H and O–H groups in total. The maximum Gasteiger partial charge on any atom is -0.0122 e. The number of hydrogen-bond acceptors (Lipinski definition) is 0. The van der Waals surface area contributed by atoms with Crippen molar-refractivity contribution in [3.8, 4) is 0 Å². The molecule has 0 atom stereocenters. The third kappa shape index (κ3) is 4.09. The first-order chi connectivity index (χ1) is 2.91. The third-order valence-electron chi connectivity index (χ3n) is 0.691. The summed E-state index contributed by atoms with van der Waals surface area (Å²) in [6, 6.07) is 1.44. The van der Waals surface area contributed by atoms with Gasteiger partial charge in [-0.25, -0.2) is 0 Å². The maximum atomic E-state index is 2.30. The molecule has 0 aliphatic carbocycles. The van der Waals surface area contributed by atoms with Crippen LogP contribution in [0.15, 0.2) is 0 Å². The van der Waals surface area contributed by atoms with E-state index in [2.05, 4.69) is 19.5 Å². The summed E-state index contributed by atoms with van der Waals surface area (Å²) in [6.07, 6.45) is 1.36. The lowest BCUT2D eigenvalue weighted by molar-refractivity contribution is 1.08. The summed E-state index contributed by atoms with van der Waals surface area (Å²) in [4.78, 5) is 0. The number of rotatable bonds is 2. The lowest BCUT2D eigenvalue weighted by Gasteiger charge is -1.75. The van der Waals surface area contributed by atoms with Gasteiger partial charge in [0.1, 0.15) is 0 Å². The summed E-state index contributed by atoms with van der Waals surface area (Å²) in [6.45, 7) is 4.38. The molecule has 0 aliphatic rings. The van der Waals surface area contributed by atoms with Crippen LogP contribution in [-0.2, 0) is 0 Å². The molecule has 0 fully saturated rings. The van der Waals surface area contributed by atoms with E-state index in [1.54, 1.807) is 0 Å². The standard InChI is InChI=1S/C5H12Si/c1-3-5-6-4-2/h4,6H,3,5H2,1-2H3. The molecular formula is C5H12Si. The van der Waals surface area contributed by atoms with E-state index in [-0.39, 0.29) is 0 Å². The molecule has 0 nitrogen and oxygen atoms in total. The molecular weight excluding hydrogens is 88.1 g/mol. The van der Waals surface area contributed by atoms with Crippen LogP contribution in [0.25, 0.3) is 0 Å². The molecule has 0 aromatic heterocycles. The van der Waals surface area contributed by atoms with Crippen molar-refractivity contribution in [3.63, 3.8) is 0 Å². The molecule has 0 saturated carbocycles. The Kier molecular flexibility index (Phi) is 5.16. The van der Waals surface area contributed by atoms with Gasteiger partial charge in [-0.2, -0.15) is 0 Å². The molecule has 0 aromatic carbocycles. The molecule has 0 spiro atoms. The van der Waals surface area contributed by atoms with Crippen LogP contribution in [0.3, 0.4) is 0 Å². The van der Waals surface area contributed by atoms with Crippen LogP contribution in [0, 0.1) is 0 Å². The normalized spacial score (nSPS) is 10.3. The largest absolute Gasteiger partial charge is 0.109 e. The molecule has 0 unspecified atom stereocenters. The SMILES string of the molecule is CC=[SiH]CCC. The zero-order chi connectivity index (χ0) is 4.83. The van der Waals surface area contributed by atoms with Crippen molar-refractivity contribution in [1.82, 2.24) is 0 Å². The maximum absolute atomic E-state index is 2.30. The molecule has 6 heavy (non-hydrogen) atoms. The van der Waals surface area contributed by atoms with E-state index in [1.165, 1.54) is 12.5 Å². The van der Waals surface area contributed by atoms with Gasteiger partial charge in [-0.05, 0) is 15.2 Å². The van der Waals surface area contributed by atoms with Gasteiger partial charge in [0.15, 0.2) is 0 Å². The summed E-state index contributed by atoms with van der Waals surface area (Å²) < 4.78 is 0. The van der Waals surface area contributed by atoms with Gasteiger partial charge in [0, 0.05) is 0 Å². The highest BCUT2D eigenvalue weighted by atomic mass is 28.2. The van der Waals surface area contributed by atoms with Gasteiger partial charge in [0.25, 0.3) is 0 Å². The van der Waals surface area contributed by atoms with Gasteiger partial charge in [-0.3, -0.25) is 0 Å². The van der Waals surface area contributed by atoms with Gasteiger partial charge in [-0.15, -0.1) is 5.67 Å². The first-order valence-electron chi connectivity index (χ1n) is 2.53. The van der Waals surface area contributed by atoms with Crippen molar-refractivity contribution in [2.24, 2.45) is 0 Å². The topological polar surface area (TPSA) is 0 Å². The summed E-state index contributed by atoms with van der Waals surface area (Å²) in [5, 5.41) is 0. The van der Waals surface area contributed by atoms with E-state index in [4.69, 9.17) is 0 Å². The molecule has 1 heteroatoms. The molecule has 36 valence electrons. The van der Waals surface area contributed by atoms with Crippen molar-refractivity contribution in [3.05, 3.63) is 0 Å². The lowest BCUT2D eigenvalue weighted by Crippen LogP contribution is -1.74. The molecule has 0 aromatic rings. The van der Waals surface area contributed by atoms with Crippen LogP contribution >= 0.6 is 0 Å². The molecule has 0 amide bonds. The quantitative estimate of drug-likeness (QED) is 0.455. The Bertz CT molecular complexity index is 39.2. The Balaban J connectivity index is 2.66. The van der Waals surface area contributed by atoms with Crippen LogP contribution in [-0.4, -0.2) is 14.8 Å². The molecule has 0 aliphatic heterocycles. The minimum Gasteiger partial charge on any atom is -0.109 e. The van der Waals surface area contributed by atoms with Gasteiger partial charge >= 0.3 is 0 Å². The average molecular weight is 100 g/mol. The van der Waals surface area contributed by atoms with Crippen LogP contribution in [0.2, 0.25) is 6.04 Å². The zero-order valence-electron chi connectivity index (χ0n) is 4.57. The van der Waals surface area contributed by atoms with Gasteiger partial charge in [0.05, 0.1) is 0 Å². The van der Waals surface area contributed by atoms with E-state index >= 15 is 0 Å². The second kappa shape index (κ2) is 5.09. The fourth-order valence-electron chi connectivity index (χ4n) is 0.333. The Hall–Kier alpha value is 0.0869. The first kappa shape index (κ1) is 6.09. The summed E-state index contributed by atoms with van der Waals surface area (Å²) in [5.41, 5.74) is 2.30. The fourth-order valence-corrected chi connectivity index (χ4v) is 1.00. The Morgan fingerprint density at radius 3 is 2.50 bits per heavy atom.